The molecule has 158 valence electrons. The van der Waals surface area contributed by atoms with Gasteiger partial charge in [-0.1, -0.05) is 19.9 Å². The van der Waals surface area contributed by atoms with E-state index < -0.39 is 0 Å². The van der Waals surface area contributed by atoms with Crippen LogP contribution in [0.25, 0.3) is 0 Å². The van der Waals surface area contributed by atoms with Crippen LogP contribution in [0.3, 0.4) is 0 Å². The Morgan fingerprint density at radius 3 is 2.60 bits per heavy atom. The first-order valence-corrected chi connectivity index (χ1v) is 10.8. The standard InChI is InChI=1S/C20H27N9S/c1-13(2)16-12-17(27-26-16)22-18-23-19(29-9-7-28(3)8-10-29)25-20(24-18)30-15-6-4-5-14(21)11-15/h4-6,11-13H,7-10,21H2,1-3H3,(H2,22,23,24,25,26,27). The summed E-state index contributed by atoms with van der Waals surface area (Å²) in [4.78, 5) is 19.5. The maximum atomic E-state index is 5.93. The first kappa shape index (κ1) is 20.4. The second kappa shape index (κ2) is 8.88. The molecular weight excluding hydrogens is 398 g/mol. The normalized spacial score (nSPS) is 15.0. The predicted molar refractivity (Wildman–Crippen MR) is 120 cm³/mol. The Bertz CT molecular complexity index is 995. The summed E-state index contributed by atoms with van der Waals surface area (Å²) in [7, 11) is 2.13. The molecule has 1 aromatic carbocycles. The molecule has 10 heteroatoms. The van der Waals surface area contributed by atoms with E-state index in [9.17, 15) is 0 Å². The third kappa shape index (κ3) is 5.00. The molecule has 3 heterocycles. The van der Waals surface area contributed by atoms with E-state index in [1.165, 1.54) is 11.8 Å². The summed E-state index contributed by atoms with van der Waals surface area (Å²) in [6, 6.07) is 9.69. The Morgan fingerprint density at radius 2 is 1.90 bits per heavy atom. The predicted octanol–water partition coefficient (Wildman–Crippen LogP) is 2.95. The van der Waals surface area contributed by atoms with E-state index in [0.717, 1.165) is 36.8 Å². The Hall–Kier alpha value is -2.85. The number of nitrogens with one attached hydrogen (secondary N) is 2. The van der Waals surface area contributed by atoms with Crippen molar-refractivity contribution in [1.29, 1.82) is 0 Å². The van der Waals surface area contributed by atoms with Crippen LogP contribution in [0, 0.1) is 0 Å². The molecule has 1 aliphatic heterocycles. The van der Waals surface area contributed by atoms with Crippen LogP contribution in [0.4, 0.5) is 23.4 Å². The zero-order chi connectivity index (χ0) is 21.1. The molecule has 0 atom stereocenters. The van der Waals surface area contributed by atoms with Gasteiger partial charge >= 0.3 is 0 Å². The van der Waals surface area contributed by atoms with Crippen molar-refractivity contribution in [3.63, 3.8) is 0 Å². The second-order valence-corrected chi connectivity index (χ2v) is 8.74. The highest BCUT2D eigenvalue weighted by Crippen LogP contribution is 2.29. The van der Waals surface area contributed by atoms with Crippen LogP contribution in [0.2, 0.25) is 0 Å². The van der Waals surface area contributed by atoms with Gasteiger partial charge in [0.2, 0.25) is 11.9 Å². The van der Waals surface area contributed by atoms with Gasteiger partial charge in [0.05, 0.1) is 0 Å². The molecule has 0 unspecified atom stereocenters. The molecule has 0 radical (unpaired) electrons. The number of nitrogens with zero attached hydrogens (tertiary/aromatic N) is 6. The molecule has 4 rings (SSSR count). The summed E-state index contributed by atoms with van der Waals surface area (Å²) < 4.78 is 0. The summed E-state index contributed by atoms with van der Waals surface area (Å²) in [6.07, 6.45) is 0. The number of anilines is 4. The highest BCUT2D eigenvalue weighted by molar-refractivity contribution is 7.99. The SMILES string of the molecule is CC(C)c1cc(Nc2nc(Sc3cccc(N)c3)nc(N3CCN(C)CC3)n2)n[nH]1. The number of hydrogen-bond donors (Lipinski definition) is 3. The van der Waals surface area contributed by atoms with E-state index in [4.69, 9.17) is 10.7 Å². The third-order valence-electron chi connectivity index (χ3n) is 4.92. The van der Waals surface area contributed by atoms with Crippen molar-refractivity contribution in [1.82, 2.24) is 30.0 Å². The van der Waals surface area contributed by atoms with Gasteiger partial charge in [-0.15, -0.1) is 0 Å². The lowest BCUT2D eigenvalue weighted by Gasteiger charge is -2.32. The smallest absolute Gasteiger partial charge is 0.234 e. The van der Waals surface area contributed by atoms with Crippen LogP contribution < -0.4 is 16.0 Å². The zero-order valence-electron chi connectivity index (χ0n) is 17.5. The third-order valence-corrected chi connectivity index (χ3v) is 5.77. The van der Waals surface area contributed by atoms with Gasteiger partial charge in [0.15, 0.2) is 11.0 Å². The number of aromatic nitrogens is 5. The summed E-state index contributed by atoms with van der Waals surface area (Å²) in [5, 5.41) is 11.2. The fourth-order valence-corrected chi connectivity index (χ4v) is 3.90. The Morgan fingerprint density at radius 1 is 1.10 bits per heavy atom. The summed E-state index contributed by atoms with van der Waals surface area (Å²) in [6.45, 7) is 7.94. The van der Waals surface area contributed by atoms with Crippen molar-refractivity contribution < 1.29 is 0 Å². The van der Waals surface area contributed by atoms with Crippen LogP contribution in [0.5, 0.6) is 0 Å². The van der Waals surface area contributed by atoms with Crippen LogP contribution in [0.15, 0.2) is 40.4 Å². The Balaban J connectivity index is 1.62. The molecule has 4 N–H and O–H groups in total. The molecule has 0 aliphatic carbocycles. The van der Waals surface area contributed by atoms with Crippen molar-refractivity contribution in [2.45, 2.75) is 29.8 Å². The van der Waals surface area contributed by atoms with Gasteiger partial charge in [0.1, 0.15) is 0 Å². The lowest BCUT2D eigenvalue weighted by molar-refractivity contribution is 0.311. The quantitative estimate of drug-likeness (QED) is 0.513. The fraction of sp³-hybridized carbons (Fsp3) is 0.400. The number of rotatable bonds is 6. The number of likely N-dealkylation sites (N-methyl/N-ethyl adjacent to an activating group) is 1. The van der Waals surface area contributed by atoms with Crippen molar-refractivity contribution in [2.24, 2.45) is 0 Å². The Labute approximate surface area is 180 Å². The van der Waals surface area contributed by atoms with E-state index in [0.29, 0.717) is 34.5 Å². The highest BCUT2D eigenvalue weighted by atomic mass is 32.2. The summed E-state index contributed by atoms with van der Waals surface area (Å²) >= 11 is 1.47. The summed E-state index contributed by atoms with van der Waals surface area (Å²) in [5.41, 5.74) is 7.70. The van der Waals surface area contributed by atoms with E-state index in [-0.39, 0.29) is 0 Å². The minimum absolute atomic E-state index is 0.363. The molecule has 30 heavy (non-hydrogen) atoms. The topological polar surface area (TPSA) is 112 Å². The van der Waals surface area contributed by atoms with Gasteiger partial charge in [-0.3, -0.25) is 5.10 Å². The van der Waals surface area contributed by atoms with Crippen LogP contribution in [0.1, 0.15) is 25.5 Å². The largest absolute Gasteiger partial charge is 0.399 e. The maximum Gasteiger partial charge on any atom is 0.234 e. The molecule has 2 aromatic heterocycles. The highest BCUT2D eigenvalue weighted by Gasteiger charge is 2.19. The van der Waals surface area contributed by atoms with E-state index >= 15 is 0 Å². The summed E-state index contributed by atoms with van der Waals surface area (Å²) in [5.74, 6) is 2.20. The molecule has 0 bridgehead atoms. The molecule has 0 saturated carbocycles. The van der Waals surface area contributed by atoms with Crippen LogP contribution >= 0.6 is 11.8 Å². The lowest BCUT2D eigenvalue weighted by atomic mass is 10.1. The van der Waals surface area contributed by atoms with E-state index in [2.05, 4.69) is 56.2 Å². The first-order valence-electron chi connectivity index (χ1n) is 10.0. The van der Waals surface area contributed by atoms with Gasteiger partial charge in [0.25, 0.3) is 0 Å². The first-order chi connectivity index (χ1) is 14.5. The molecule has 0 spiro atoms. The molecule has 1 aliphatic rings. The fourth-order valence-electron chi connectivity index (χ4n) is 3.09. The number of benzene rings is 1. The number of hydrogen-bond acceptors (Lipinski definition) is 9. The number of H-pyrrole nitrogens is 1. The zero-order valence-corrected chi connectivity index (χ0v) is 18.3. The van der Waals surface area contributed by atoms with Crippen molar-refractivity contribution in [2.75, 3.05) is 49.2 Å². The number of piperazine rings is 1. The lowest BCUT2D eigenvalue weighted by Crippen LogP contribution is -2.45. The van der Waals surface area contributed by atoms with Crippen LogP contribution in [-0.4, -0.2) is 63.3 Å². The van der Waals surface area contributed by atoms with Gasteiger partial charge in [-0.2, -0.15) is 20.1 Å². The molecule has 9 nitrogen and oxygen atoms in total. The van der Waals surface area contributed by atoms with E-state index in [1.807, 2.05) is 30.3 Å². The van der Waals surface area contributed by atoms with Gasteiger partial charge in [-0.05, 0) is 42.9 Å². The molecular formula is C20H27N9S. The van der Waals surface area contributed by atoms with Gasteiger partial charge in [0, 0.05) is 48.5 Å². The van der Waals surface area contributed by atoms with Crippen molar-refractivity contribution in [3.05, 3.63) is 36.0 Å². The molecule has 0 amide bonds. The van der Waals surface area contributed by atoms with Crippen molar-refractivity contribution in [3.8, 4) is 0 Å². The number of nitrogens with two attached hydrogens (primary N) is 1. The minimum atomic E-state index is 0.363. The van der Waals surface area contributed by atoms with E-state index in [1.54, 1.807) is 0 Å². The maximum absolute atomic E-state index is 5.93. The number of aromatic amines is 1. The molecule has 3 aromatic rings. The van der Waals surface area contributed by atoms with Gasteiger partial charge in [-0.25, -0.2) is 0 Å². The monoisotopic (exact) mass is 425 g/mol. The second-order valence-electron chi connectivity index (χ2n) is 7.69. The average molecular weight is 426 g/mol. The molecule has 1 fully saturated rings. The molecule has 1 saturated heterocycles. The minimum Gasteiger partial charge on any atom is -0.399 e. The van der Waals surface area contributed by atoms with Gasteiger partial charge < -0.3 is 20.9 Å². The average Bonchev–Trinajstić information content (AvgIpc) is 3.17. The van der Waals surface area contributed by atoms with Crippen LogP contribution in [-0.2, 0) is 0 Å². The Kier molecular flexibility index (Phi) is 6.05. The number of nitrogen functional groups attached to an aromatic ring is 1. The van der Waals surface area contributed by atoms with Crippen molar-refractivity contribution >= 4 is 35.2 Å².